The van der Waals surface area contributed by atoms with Gasteiger partial charge in [0, 0.05) is 19.1 Å². The standard InChI is InChI=1S/C10H7NO5/c1-5(12)9(13)11-6-2-3-16-8(6)4-7(11)10(14)15/h2-4H,1H3,(H,14,15). The quantitative estimate of drug-likeness (QED) is 0.768. The second kappa shape index (κ2) is 3.34. The van der Waals surface area contributed by atoms with E-state index in [0.29, 0.717) is 0 Å². The molecule has 2 heterocycles. The fourth-order valence-electron chi connectivity index (χ4n) is 1.46. The van der Waals surface area contributed by atoms with Crippen LogP contribution in [0, 0.1) is 0 Å². The Morgan fingerprint density at radius 3 is 2.62 bits per heavy atom. The zero-order valence-electron chi connectivity index (χ0n) is 8.26. The molecule has 2 rings (SSSR count). The van der Waals surface area contributed by atoms with E-state index in [4.69, 9.17) is 9.52 Å². The van der Waals surface area contributed by atoms with Gasteiger partial charge in [-0.25, -0.2) is 4.79 Å². The molecular formula is C10H7NO5. The van der Waals surface area contributed by atoms with Gasteiger partial charge in [-0.05, 0) is 0 Å². The molecule has 0 atom stereocenters. The Morgan fingerprint density at radius 2 is 2.06 bits per heavy atom. The highest BCUT2D eigenvalue weighted by Gasteiger charge is 2.23. The smallest absolute Gasteiger partial charge is 0.353 e. The summed E-state index contributed by atoms with van der Waals surface area (Å²) in [5.41, 5.74) is 0.249. The van der Waals surface area contributed by atoms with Crippen molar-refractivity contribution < 1.29 is 23.9 Å². The first-order valence-electron chi connectivity index (χ1n) is 4.40. The van der Waals surface area contributed by atoms with Gasteiger partial charge >= 0.3 is 5.97 Å². The van der Waals surface area contributed by atoms with Gasteiger partial charge in [-0.1, -0.05) is 0 Å². The summed E-state index contributed by atoms with van der Waals surface area (Å²) in [6.45, 7) is 1.08. The number of carbonyl (C=O) groups excluding carboxylic acids is 2. The Kier molecular flexibility index (Phi) is 2.12. The summed E-state index contributed by atoms with van der Waals surface area (Å²) >= 11 is 0. The van der Waals surface area contributed by atoms with Gasteiger partial charge in [-0.15, -0.1) is 0 Å². The van der Waals surface area contributed by atoms with E-state index >= 15 is 0 Å². The minimum Gasteiger partial charge on any atom is -0.477 e. The fraction of sp³-hybridized carbons (Fsp3) is 0.100. The van der Waals surface area contributed by atoms with Crippen LogP contribution >= 0.6 is 0 Å². The highest BCUT2D eigenvalue weighted by molar-refractivity contribution is 6.37. The molecule has 16 heavy (non-hydrogen) atoms. The monoisotopic (exact) mass is 221 g/mol. The first-order valence-corrected chi connectivity index (χ1v) is 4.40. The van der Waals surface area contributed by atoms with Crippen LogP contribution in [0.25, 0.3) is 11.1 Å². The maximum atomic E-state index is 11.6. The molecule has 0 amide bonds. The van der Waals surface area contributed by atoms with Crippen LogP contribution in [0.4, 0.5) is 0 Å². The topological polar surface area (TPSA) is 89.5 Å². The van der Waals surface area contributed by atoms with Crippen molar-refractivity contribution >= 4 is 28.8 Å². The maximum absolute atomic E-state index is 11.6. The largest absolute Gasteiger partial charge is 0.477 e. The predicted molar refractivity (Wildman–Crippen MR) is 52.5 cm³/mol. The van der Waals surface area contributed by atoms with E-state index in [1.165, 1.54) is 18.4 Å². The Labute approximate surface area is 89.1 Å². The SMILES string of the molecule is CC(=O)C(=O)n1c(C(=O)O)cc2occc21. The number of hydrogen-bond acceptors (Lipinski definition) is 4. The summed E-state index contributed by atoms with van der Waals surface area (Å²) in [4.78, 5) is 33.4. The van der Waals surface area contributed by atoms with Gasteiger partial charge in [-0.2, -0.15) is 0 Å². The predicted octanol–water partition coefficient (Wildman–Crippen LogP) is 1.16. The van der Waals surface area contributed by atoms with Crippen molar-refractivity contribution in [3.63, 3.8) is 0 Å². The van der Waals surface area contributed by atoms with Crippen molar-refractivity contribution in [1.82, 2.24) is 4.57 Å². The van der Waals surface area contributed by atoms with Gasteiger partial charge < -0.3 is 9.52 Å². The number of ketones is 1. The lowest BCUT2D eigenvalue weighted by molar-refractivity contribution is -0.113. The third-order valence-electron chi connectivity index (χ3n) is 2.15. The van der Waals surface area contributed by atoms with Crippen LogP contribution in [0.2, 0.25) is 0 Å². The lowest BCUT2D eigenvalue weighted by atomic mass is 10.3. The second-order valence-corrected chi connectivity index (χ2v) is 3.20. The van der Waals surface area contributed by atoms with E-state index in [0.717, 1.165) is 11.5 Å². The van der Waals surface area contributed by atoms with Crippen molar-refractivity contribution in [2.45, 2.75) is 6.92 Å². The number of furan rings is 1. The molecule has 1 N–H and O–H groups in total. The summed E-state index contributed by atoms with van der Waals surface area (Å²) in [5.74, 6) is -2.92. The summed E-state index contributed by atoms with van der Waals surface area (Å²) in [6.07, 6.45) is 1.32. The molecule has 82 valence electrons. The number of carboxylic acid groups (broad SMARTS) is 1. The maximum Gasteiger partial charge on any atom is 0.353 e. The first kappa shape index (κ1) is 10.2. The molecule has 0 fully saturated rings. The van der Waals surface area contributed by atoms with Crippen molar-refractivity contribution in [2.24, 2.45) is 0 Å². The molecule has 0 bridgehead atoms. The Bertz CT molecular complexity index is 604. The molecule has 0 aliphatic heterocycles. The number of aromatic carboxylic acids is 1. The molecule has 6 heteroatoms. The van der Waals surface area contributed by atoms with Crippen molar-refractivity contribution in [1.29, 1.82) is 0 Å². The third-order valence-corrected chi connectivity index (χ3v) is 2.15. The molecule has 0 unspecified atom stereocenters. The number of hydrogen-bond donors (Lipinski definition) is 1. The first-order chi connectivity index (χ1) is 7.52. The van der Waals surface area contributed by atoms with Crippen LogP contribution in [0.5, 0.6) is 0 Å². The molecule has 0 aliphatic carbocycles. The van der Waals surface area contributed by atoms with Gasteiger partial charge in [0.15, 0.2) is 5.58 Å². The zero-order valence-corrected chi connectivity index (χ0v) is 8.26. The van der Waals surface area contributed by atoms with Crippen LogP contribution in [-0.2, 0) is 4.79 Å². The zero-order chi connectivity index (χ0) is 11.9. The van der Waals surface area contributed by atoms with Crippen LogP contribution in [0.15, 0.2) is 22.8 Å². The molecular weight excluding hydrogens is 214 g/mol. The number of carbonyl (C=O) groups is 3. The third kappa shape index (κ3) is 1.31. The molecule has 0 aromatic carbocycles. The van der Waals surface area contributed by atoms with E-state index in [1.807, 2.05) is 0 Å². The minimum atomic E-state index is -1.29. The number of rotatable bonds is 2. The van der Waals surface area contributed by atoms with Gasteiger partial charge in [0.2, 0.25) is 5.78 Å². The number of fused-ring (bicyclic) bond motifs is 1. The summed E-state index contributed by atoms with van der Waals surface area (Å²) in [6, 6.07) is 2.64. The van der Waals surface area contributed by atoms with Gasteiger partial charge in [0.1, 0.15) is 5.69 Å². The normalized spacial score (nSPS) is 10.6. The Morgan fingerprint density at radius 1 is 1.38 bits per heavy atom. The molecule has 6 nitrogen and oxygen atoms in total. The molecule has 0 saturated heterocycles. The fourth-order valence-corrected chi connectivity index (χ4v) is 1.46. The van der Waals surface area contributed by atoms with Crippen LogP contribution in [0.1, 0.15) is 22.2 Å². The van der Waals surface area contributed by atoms with Crippen molar-refractivity contribution in [3.8, 4) is 0 Å². The molecule has 0 aliphatic rings. The van der Waals surface area contributed by atoms with Crippen LogP contribution < -0.4 is 0 Å². The van der Waals surface area contributed by atoms with E-state index < -0.39 is 17.7 Å². The lowest BCUT2D eigenvalue weighted by Crippen LogP contribution is -2.22. The Balaban J connectivity index is 2.76. The lowest BCUT2D eigenvalue weighted by Gasteiger charge is -2.01. The number of carboxylic acids is 1. The van der Waals surface area contributed by atoms with Crippen molar-refractivity contribution in [2.75, 3.05) is 0 Å². The minimum absolute atomic E-state index is 0.256. The summed E-state index contributed by atoms with van der Waals surface area (Å²) in [7, 11) is 0. The summed E-state index contributed by atoms with van der Waals surface area (Å²) < 4.78 is 5.81. The average Bonchev–Trinajstić information content (AvgIpc) is 2.74. The number of nitrogens with zero attached hydrogens (tertiary/aromatic N) is 1. The van der Waals surface area contributed by atoms with Crippen LogP contribution in [-0.4, -0.2) is 27.3 Å². The van der Waals surface area contributed by atoms with Crippen molar-refractivity contribution in [3.05, 3.63) is 24.1 Å². The molecule has 0 saturated carbocycles. The van der Waals surface area contributed by atoms with E-state index in [9.17, 15) is 14.4 Å². The van der Waals surface area contributed by atoms with E-state index in [1.54, 1.807) is 0 Å². The van der Waals surface area contributed by atoms with Gasteiger partial charge in [0.25, 0.3) is 5.91 Å². The van der Waals surface area contributed by atoms with E-state index in [2.05, 4.69) is 0 Å². The average molecular weight is 221 g/mol. The van der Waals surface area contributed by atoms with Gasteiger partial charge in [0.05, 0.1) is 11.8 Å². The number of Topliss-reactive ketones (excluding diaryl/α,β-unsaturated/α-hetero) is 1. The van der Waals surface area contributed by atoms with Crippen LogP contribution in [0.3, 0.4) is 0 Å². The van der Waals surface area contributed by atoms with E-state index in [-0.39, 0.29) is 16.8 Å². The number of aromatic nitrogens is 1. The molecule has 0 radical (unpaired) electrons. The van der Waals surface area contributed by atoms with Gasteiger partial charge in [-0.3, -0.25) is 14.2 Å². The highest BCUT2D eigenvalue weighted by atomic mass is 16.4. The molecule has 2 aromatic heterocycles. The molecule has 2 aromatic rings. The highest BCUT2D eigenvalue weighted by Crippen LogP contribution is 2.21. The second-order valence-electron chi connectivity index (χ2n) is 3.20. The Hall–Kier alpha value is -2.37. The summed E-state index contributed by atoms with van der Waals surface area (Å²) in [5, 5.41) is 8.89. The molecule has 0 spiro atoms.